The monoisotopic (exact) mass is 312 g/mol. The van der Waals surface area contributed by atoms with Crippen molar-refractivity contribution in [2.75, 3.05) is 7.11 Å². The predicted molar refractivity (Wildman–Crippen MR) is 92.1 cm³/mol. The molecular weight excluding hydrogens is 288 g/mol. The van der Waals surface area contributed by atoms with E-state index in [4.69, 9.17) is 9.47 Å². The third kappa shape index (κ3) is 3.19. The summed E-state index contributed by atoms with van der Waals surface area (Å²) in [6, 6.07) is 9.69. The summed E-state index contributed by atoms with van der Waals surface area (Å²) in [5.74, 6) is 1.44. The Balaban J connectivity index is 1.91. The lowest BCUT2D eigenvalue weighted by atomic mass is 9.89. The Labute approximate surface area is 137 Å². The Morgan fingerprint density at radius 3 is 2.48 bits per heavy atom. The van der Waals surface area contributed by atoms with Crippen LogP contribution in [0.3, 0.4) is 0 Å². The Kier molecular flexibility index (Phi) is 4.56. The van der Waals surface area contributed by atoms with Gasteiger partial charge >= 0.3 is 5.97 Å². The Morgan fingerprint density at radius 1 is 1.04 bits per heavy atom. The average molecular weight is 312 g/mol. The van der Waals surface area contributed by atoms with Gasteiger partial charge in [0.05, 0.1) is 18.8 Å². The number of hydrogen-bond acceptors (Lipinski definition) is 3. The predicted octanol–water partition coefficient (Wildman–Crippen LogP) is 4.89. The van der Waals surface area contributed by atoms with E-state index in [-0.39, 0.29) is 5.97 Å². The van der Waals surface area contributed by atoms with Gasteiger partial charge in [-0.2, -0.15) is 0 Å². The Morgan fingerprint density at radius 2 is 1.78 bits per heavy atom. The molecule has 0 bridgehead atoms. The fourth-order valence-electron chi connectivity index (χ4n) is 3.43. The van der Waals surface area contributed by atoms with Crippen LogP contribution in [-0.4, -0.2) is 19.2 Å². The molecule has 0 unspecified atom stereocenters. The molecule has 0 saturated heterocycles. The molecule has 0 aromatic heterocycles. The lowest BCUT2D eigenvalue weighted by Crippen LogP contribution is -2.23. The van der Waals surface area contributed by atoms with Gasteiger partial charge in [0.2, 0.25) is 0 Å². The van der Waals surface area contributed by atoms with Gasteiger partial charge in [-0.15, -0.1) is 0 Å². The highest BCUT2D eigenvalue weighted by atomic mass is 16.5. The lowest BCUT2D eigenvalue weighted by Gasteiger charge is -2.27. The summed E-state index contributed by atoms with van der Waals surface area (Å²) in [4.78, 5) is 11.9. The molecule has 0 radical (unpaired) electrons. The van der Waals surface area contributed by atoms with E-state index in [0.29, 0.717) is 11.7 Å². The third-order valence-corrected chi connectivity index (χ3v) is 4.94. The SMILES string of the molecule is COC(=O)c1cccc2c(C)c(OC3CCC(C)CC3)ccc12. The zero-order valence-electron chi connectivity index (χ0n) is 14.1. The van der Waals surface area contributed by atoms with Crippen molar-refractivity contribution >= 4 is 16.7 Å². The summed E-state index contributed by atoms with van der Waals surface area (Å²) in [6.07, 6.45) is 5.04. The van der Waals surface area contributed by atoms with Crippen molar-refractivity contribution in [1.82, 2.24) is 0 Å². The van der Waals surface area contributed by atoms with Crippen LogP contribution in [0, 0.1) is 12.8 Å². The van der Waals surface area contributed by atoms with Gasteiger partial charge in [-0.1, -0.05) is 19.1 Å². The molecule has 1 aliphatic carbocycles. The highest BCUT2D eigenvalue weighted by Crippen LogP contribution is 2.33. The molecule has 0 atom stereocenters. The third-order valence-electron chi connectivity index (χ3n) is 4.94. The highest BCUT2D eigenvalue weighted by molar-refractivity contribution is 6.05. The van der Waals surface area contributed by atoms with Gasteiger partial charge in [0.25, 0.3) is 0 Å². The minimum absolute atomic E-state index is 0.301. The fraction of sp³-hybridized carbons (Fsp3) is 0.450. The summed E-state index contributed by atoms with van der Waals surface area (Å²) in [5, 5.41) is 1.97. The van der Waals surface area contributed by atoms with Crippen molar-refractivity contribution in [2.24, 2.45) is 5.92 Å². The molecule has 0 amide bonds. The number of benzene rings is 2. The first kappa shape index (κ1) is 15.9. The van der Waals surface area contributed by atoms with Gasteiger partial charge in [-0.25, -0.2) is 4.79 Å². The Bertz CT molecular complexity index is 712. The number of esters is 1. The summed E-state index contributed by atoms with van der Waals surface area (Å²) < 4.78 is 11.1. The smallest absolute Gasteiger partial charge is 0.338 e. The van der Waals surface area contributed by atoms with Crippen LogP contribution in [0.4, 0.5) is 0 Å². The van der Waals surface area contributed by atoms with E-state index in [1.165, 1.54) is 20.0 Å². The summed E-state index contributed by atoms with van der Waals surface area (Å²) in [7, 11) is 1.41. The maximum Gasteiger partial charge on any atom is 0.338 e. The molecule has 2 aromatic rings. The minimum Gasteiger partial charge on any atom is -0.490 e. The van der Waals surface area contributed by atoms with Gasteiger partial charge < -0.3 is 9.47 Å². The van der Waals surface area contributed by atoms with Crippen LogP contribution in [0.2, 0.25) is 0 Å². The zero-order chi connectivity index (χ0) is 16.4. The molecule has 3 heteroatoms. The zero-order valence-corrected chi connectivity index (χ0v) is 14.1. The van der Waals surface area contributed by atoms with Crippen molar-refractivity contribution in [3.05, 3.63) is 41.5 Å². The molecule has 3 nitrogen and oxygen atoms in total. The van der Waals surface area contributed by atoms with E-state index in [2.05, 4.69) is 13.8 Å². The molecule has 1 aliphatic rings. The van der Waals surface area contributed by atoms with Crippen LogP contribution in [0.1, 0.15) is 48.5 Å². The molecule has 23 heavy (non-hydrogen) atoms. The van der Waals surface area contributed by atoms with Crippen LogP contribution in [0.25, 0.3) is 10.8 Å². The quantitative estimate of drug-likeness (QED) is 0.757. The minimum atomic E-state index is -0.301. The number of aryl methyl sites for hydroxylation is 1. The number of carbonyl (C=O) groups is 1. The van der Waals surface area contributed by atoms with Crippen LogP contribution in [-0.2, 0) is 4.74 Å². The van der Waals surface area contributed by atoms with Crippen LogP contribution in [0.15, 0.2) is 30.3 Å². The summed E-state index contributed by atoms with van der Waals surface area (Å²) >= 11 is 0. The van der Waals surface area contributed by atoms with Crippen LogP contribution >= 0.6 is 0 Å². The number of ether oxygens (including phenoxy) is 2. The highest BCUT2D eigenvalue weighted by Gasteiger charge is 2.21. The number of fused-ring (bicyclic) bond motifs is 1. The lowest BCUT2D eigenvalue weighted by molar-refractivity contribution is 0.0603. The molecule has 0 heterocycles. The van der Waals surface area contributed by atoms with E-state index in [1.54, 1.807) is 6.07 Å². The normalized spacial score (nSPS) is 21.2. The molecule has 3 rings (SSSR count). The molecular formula is C20H24O3. The number of rotatable bonds is 3. The topological polar surface area (TPSA) is 35.5 Å². The van der Waals surface area contributed by atoms with E-state index in [9.17, 15) is 4.79 Å². The molecule has 1 fully saturated rings. The largest absolute Gasteiger partial charge is 0.490 e. The molecule has 0 aliphatic heterocycles. The van der Waals surface area contributed by atoms with Crippen molar-refractivity contribution in [1.29, 1.82) is 0 Å². The molecule has 1 saturated carbocycles. The van der Waals surface area contributed by atoms with Crippen molar-refractivity contribution in [3.63, 3.8) is 0 Å². The first-order valence-corrected chi connectivity index (χ1v) is 8.37. The van der Waals surface area contributed by atoms with E-state index >= 15 is 0 Å². The van der Waals surface area contributed by atoms with Crippen LogP contribution in [0.5, 0.6) is 5.75 Å². The Hall–Kier alpha value is -2.03. The molecule has 2 aromatic carbocycles. The second kappa shape index (κ2) is 6.61. The number of carbonyl (C=O) groups excluding carboxylic acids is 1. The van der Waals surface area contributed by atoms with Gasteiger partial charge in [0.1, 0.15) is 5.75 Å². The van der Waals surface area contributed by atoms with E-state index in [0.717, 1.165) is 40.8 Å². The van der Waals surface area contributed by atoms with Gasteiger partial charge in [0, 0.05) is 0 Å². The number of hydrogen-bond donors (Lipinski definition) is 0. The second-order valence-electron chi connectivity index (χ2n) is 6.58. The number of methoxy groups -OCH3 is 1. The first-order valence-electron chi connectivity index (χ1n) is 8.37. The molecule has 0 N–H and O–H groups in total. The fourth-order valence-corrected chi connectivity index (χ4v) is 3.43. The molecule has 122 valence electrons. The van der Waals surface area contributed by atoms with Gasteiger partial charge in [0.15, 0.2) is 0 Å². The molecule has 0 spiro atoms. The maximum atomic E-state index is 11.9. The average Bonchev–Trinajstić information content (AvgIpc) is 2.58. The summed E-state index contributed by atoms with van der Waals surface area (Å²) in [6.45, 7) is 4.37. The maximum absolute atomic E-state index is 11.9. The van der Waals surface area contributed by atoms with Crippen molar-refractivity contribution < 1.29 is 14.3 Å². The van der Waals surface area contributed by atoms with Gasteiger partial charge in [-0.05, 0) is 73.1 Å². The van der Waals surface area contributed by atoms with Crippen molar-refractivity contribution in [3.8, 4) is 5.75 Å². The van der Waals surface area contributed by atoms with Gasteiger partial charge in [-0.3, -0.25) is 0 Å². The van der Waals surface area contributed by atoms with E-state index < -0.39 is 0 Å². The second-order valence-corrected chi connectivity index (χ2v) is 6.58. The van der Waals surface area contributed by atoms with Crippen LogP contribution < -0.4 is 4.74 Å². The standard InChI is InChI=1S/C20H24O3/c1-13-7-9-15(10-8-13)23-19-12-11-17-16(14(19)2)5-4-6-18(17)20(21)22-3/h4-6,11-13,15H,7-10H2,1-3H3. The van der Waals surface area contributed by atoms with Crippen molar-refractivity contribution in [2.45, 2.75) is 45.6 Å². The van der Waals surface area contributed by atoms with E-state index in [1.807, 2.05) is 24.3 Å². The summed E-state index contributed by atoms with van der Waals surface area (Å²) in [5.41, 5.74) is 1.69. The first-order chi connectivity index (χ1) is 11.1.